The fourth-order valence-electron chi connectivity index (χ4n) is 2.26. The number of carbonyl (C=O) groups is 1. The number of benzene rings is 1. The Morgan fingerprint density at radius 3 is 2.57 bits per heavy atom. The topological polar surface area (TPSA) is 59.2 Å². The van der Waals surface area contributed by atoms with E-state index in [2.05, 4.69) is 4.98 Å². The fourth-order valence-corrected chi connectivity index (χ4v) is 2.26. The van der Waals surface area contributed by atoms with Crippen molar-refractivity contribution in [2.45, 2.75) is 12.8 Å². The highest BCUT2D eigenvalue weighted by molar-refractivity contribution is 5.95. The quantitative estimate of drug-likeness (QED) is 0.881. The standard InChI is InChI=1S/C17H21N3O/c1-20(13-9-14-7-11-19-12-8-14)17(21)16-5-3-2-4-15(16)6-10-18/h2-5,7-8,11-12H,6,9-10,13,18H2,1H3. The molecule has 1 aromatic carbocycles. The highest BCUT2D eigenvalue weighted by Crippen LogP contribution is 2.12. The molecule has 1 amide bonds. The molecule has 0 unspecified atom stereocenters. The molecule has 0 radical (unpaired) electrons. The van der Waals surface area contributed by atoms with Crippen molar-refractivity contribution in [2.24, 2.45) is 5.73 Å². The first-order chi connectivity index (χ1) is 10.2. The lowest BCUT2D eigenvalue weighted by atomic mass is 10.0. The molecule has 0 aliphatic carbocycles. The molecular weight excluding hydrogens is 262 g/mol. The van der Waals surface area contributed by atoms with Crippen LogP contribution in [0.15, 0.2) is 48.8 Å². The predicted octanol–water partition coefficient (Wildman–Crippen LogP) is 1.90. The lowest BCUT2D eigenvalue weighted by Crippen LogP contribution is -2.29. The second-order valence-electron chi connectivity index (χ2n) is 5.03. The summed E-state index contributed by atoms with van der Waals surface area (Å²) in [6.07, 6.45) is 5.09. The minimum Gasteiger partial charge on any atom is -0.341 e. The first-order valence-corrected chi connectivity index (χ1v) is 7.14. The molecule has 110 valence electrons. The molecule has 0 aliphatic rings. The molecule has 0 bridgehead atoms. The summed E-state index contributed by atoms with van der Waals surface area (Å²) in [5.74, 6) is 0.0492. The molecule has 1 aromatic heterocycles. The van der Waals surface area contributed by atoms with Crippen LogP contribution in [-0.4, -0.2) is 35.9 Å². The number of nitrogens with zero attached hydrogens (tertiary/aromatic N) is 2. The SMILES string of the molecule is CN(CCc1ccncc1)C(=O)c1ccccc1CCN. The highest BCUT2D eigenvalue weighted by atomic mass is 16.2. The molecule has 0 atom stereocenters. The van der Waals surface area contributed by atoms with E-state index in [-0.39, 0.29) is 5.91 Å². The zero-order valence-electron chi connectivity index (χ0n) is 12.3. The largest absolute Gasteiger partial charge is 0.341 e. The van der Waals surface area contributed by atoms with E-state index in [1.807, 2.05) is 43.4 Å². The van der Waals surface area contributed by atoms with Crippen LogP contribution in [0.5, 0.6) is 0 Å². The summed E-state index contributed by atoms with van der Waals surface area (Å²) in [7, 11) is 1.84. The van der Waals surface area contributed by atoms with Crippen molar-refractivity contribution in [1.82, 2.24) is 9.88 Å². The maximum absolute atomic E-state index is 12.5. The van der Waals surface area contributed by atoms with Gasteiger partial charge in [-0.3, -0.25) is 9.78 Å². The monoisotopic (exact) mass is 283 g/mol. The number of amides is 1. The van der Waals surface area contributed by atoms with E-state index in [0.717, 1.165) is 24.0 Å². The summed E-state index contributed by atoms with van der Waals surface area (Å²) in [6.45, 7) is 1.23. The molecule has 21 heavy (non-hydrogen) atoms. The zero-order chi connectivity index (χ0) is 15.1. The Balaban J connectivity index is 2.02. The molecule has 2 aromatic rings. The maximum Gasteiger partial charge on any atom is 0.253 e. The Hall–Kier alpha value is -2.20. The van der Waals surface area contributed by atoms with Gasteiger partial charge in [-0.15, -0.1) is 0 Å². The van der Waals surface area contributed by atoms with Crippen LogP contribution in [0.25, 0.3) is 0 Å². The van der Waals surface area contributed by atoms with Crippen LogP contribution < -0.4 is 5.73 Å². The van der Waals surface area contributed by atoms with Gasteiger partial charge >= 0.3 is 0 Å². The van der Waals surface area contributed by atoms with Crippen molar-refractivity contribution in [3.05, 3.63) is 65.5 Å². The number of hydrogen-bond acceptors (Lipinski definition) is 3. The Labute approximate surface area is 125 Å². The minimum absolute atomic E-state index is 0.0492. The molecule has 0 spiro atoms. The number of carbonyl (C=O) groups excluding carboxylic acids is 1. The second kappa shape index (κ2) is 7.55. The lowest BCUT2D eigenvalue weighted by Gasteiger charge is -2.19. The Bertz CT molecular complexity index is 584. The van der Waals surface area contributed by atoms with Gasteiger partial charge in [0.05, 0.1) is 0 Å². The number of hydrogen-bond donors (Lipinski definition) is 1. The minimum atomic E-state index is 0.0492. The summed E-state index contributed by atoms with van der Waals surface area (Å²) in [5.41, 5.74) is 8.55. The fraction of sp³-hybridized carbons (Fsp3) is 0.294. The summed E-state index contributed by atoms with van der Waals surface area (Å²) >= 11 is 0. The van der Waals surface area contributed by atoms with Gasteiger partial charge in [0.25, 0.3) is 5.91 Å². The second-order valence-corrected chi connectivity index (χ2v) is 5.03. The average Bonchev–Trinajstić information content (AvgIpc) is 2.54. The summed E-state index contributed by atoms with van der Waals surface area (Å²) in [6, 6.07) is 11.6. The van der Waals surface area contributed by atoms with Gasteiger partial charge in [-0.05, 0) is 48.7 Å². The Morgan fingerprint density at radius 1 is 1.14 bits per heavy atom. The van der Waals surface area contributed by atoms with Crippen LogP contribution in [0.3, 0.4) is 0 Å². The van der Waals surface area contributed by atoms with Gasteiger partial charge in [0.1, 0.15) is 0 Å². The first kappa shape index (κ1) is 15.2. The van der Waals surface area contributed by atoms with Gasteiger partial charge < -0.3 is 10.6 Å². The number of aromatic nitrogens is 1. The molecule has 0 saturated carbocycles. The molecule has 0 aliphatic heterocycles. The van der Waals surface area contributed by atoms with Crippen LogP contribution in [-0.2, 0) is 12.8 Å². The zero-order valence-corrected chi connectivity index (χ0v) is 12.3. The van der Waals surface area contributed by atoms with Crippen LogP contribution in [0.4, 0.5) is 0 Å². The molecular formula is C17H21N3O. The van der Waals surface area contributed by atoms with E-state index in [9.17, 15) is 4.79 Å². The molecule has 0 fully saturated rings. The molecule has 0 saturated heterocycles. The average molecular weight is 283 g/mol. The van der Waals surface area contributed by atoms with Crippen molar-refractivity contribution in [1.29, 1.82) is 0 Å². The normalized spacial score (nSPS) is 10.4. The molecule has 2 N–H and O–H groups in total. The van der Waals surface area contributed by atoms with Crippen molar-refractivity contribution in [3.8, 4) is 0 Å². The van der Waals surface area contributed by atoms with Gasteiger partial charge in [-0.25, -0.2) is 0 Å². The van der Waals surface area contributed by atoms with Crippen LogP contribution in [0.2, 0.25) is 0 Å². The van der Waals surface area contributed by atoms with Crippen LogP contribution in [0.1, 0.15) is 21.5 Å². The van der Waals surface area contributed by atoms with Crippen molar-refractivity contribution in [2.75, 3.05) is 20.1 Å². The van der Waals surface area contributed by atoms with Gasteiger partial charge in [-0.2, -0.15) is 0 Å². The van der Waals surface area contributed by atoms with E-state index < -0.39 is 0 Å². The van der Waals surface area contributed by atoms with Crippen LogP contribution >= 0.6 is 0 Å². The molecule has 1 heterocycles. The van der Waals surface area contributed by atoms with Crippen LogP contribution in [0, 0.1) is 0 Å². The van der Waals surface area contributed by atoms with Gasteiger partial charge in [0.2, 0.25) is 0 Å². The van der Waals surface area contributed by atoms with Crippen molar-refractivity contribution >= 4 is 5.91 Å². The van der Waals surface area contributed by atoms with Crippen molar-refractivity contribution < 1.29 is 4.79 Å². The molecule has 2 rings (SSSR count). The lowest BCUT2D eigenvalue weighted by molar-refractivity contribution is 0.0795. The van der Waals surface area contributed by atoms with E-state index in [1.165, 1.54) is 5.56 Å². The first-order valence-electron chi connectivity index (χ1n) is 7.14. The van der Waals surface area contributed by atoms with E-state index in [4.69, 9.17) is 5.73 Å². The summed E-state index contributed by atoms with van der Waals surface area (Å²) < 4.78 is 0. The third-order valence-corrected chi connectivity index (χ3v) is 3.49. The Kier molecular flexibility index (Phi) is 5.46. The smallest absolute Gasteiger partial charge is 0.253 e. The Morgan fingerprint density at radius 2 is 1.86 bits per heavy atom. The molecule has 4 heteroatoms. The number of pyridine rings is 1. The third-order valence-electron chi connectivity index (χ3n) is 3.49. The number of nitrogens with two attached hydrogens (primary N) is 1. The van der Waals surface area contributed by atoms with Gasteiger partial charge in [-0.1, -0.05) is 18.2 Å². The summed E-state index contributed by atoms with van der Waals surface area (Å²) in [5, 5.41) is 0. The number of likely N-dealkylation sites (N-methyl/N-ethyl adjacent to an activating group) is 1. The molecule has 4 nitrogen and oxygen atoms in total. The highest BCUT2D eigenvalue weighted by Gasteiger charge is 2.14. The number of rotatable bonds is 6. The summed E-state index contributed by atoms with van der Waals surface area (Å²) in [4.78, 5) is 18.3. The van der Waals surface area contributed by atoms with Gasteiger partial charge in [0.15, 0.2) is 0 Å². The predicted molar refractivity (Wildman–Crippen MR) is 84.1 cm³/mol. The van der Waals surface area contributed by atoms with Crippen molar-refractivity contribution in [3.63, 3.8) is 0 Å². The third kappa shape index (κ3) is 4.13. The van der Waals surface area contributed by atoms with E-state index in [0.29, 0.717) is 13.1 Å². The maximum atomic E-state index is 12.5. The van der Waals surface area contributed by atoms with Gasteiger partial charge in [0, 0.05) is 31.5 Å². The van der Waals surface area contributed by atoms with E-state index >= 15 is 0 Å². The van der Waals surface area contributed by atoms with E-state index in [1.54, 1.807) is 17.3 Å².